The van der Waals surface area contributed by atoms with Crippen LogP contribution in [0.15, 0.2) is 29.3 Å². The SMILES string of the molecule is CC(N=C1NC(=O)C(C)(CC2CCN(S(C)(=O)=O)CC2)S1)c1ccccc1C(F)(F)P. The summed E-state index contributed by atoms with van der Waals surface area (Å²) in [5.41, 5.74) is -2.76. The average Bonchev–Trinajstić information content (AvgIpc) is 2.93. The lowest BCUT2D eigenvalue weighted by molar-refractivity contribution is -0.121. The minimum absolute atomic E-state index is 0.105. The van der Waals surface area contributed by atoms with Crippen LogP contribution in [0.2, 0.25) is 0 Å². The molecule has 3 rings (SSSR count). The molecule has 3 unspecified atom stereocenters. The molecule has 31 heavy (non-hydrogen) atoms. The van der Waals surface area contributed by atoms with Gasteiger partial charge in [-0.2, -0.15) is 8.78 Å². The van der Waals surface area contributed by atoms with Crippen LogP contribution in [-0.4, -0.2) is 47.9 Å². The Kier molecular flexibility index (Phi) is 7.16. The first-order valence-electron chi connectivity index (χ1n) is 10.1. The highest BCUT2D eigenvalue weighted by molar-refractivity contribution is 8.16. The van der Waals surface area contributed by atoms with E-state index in [4.69, 9.17) is 0 Å². The quantitative estimate of drug-likeness (QED) is 0.616. The molecule has 0 aromatic heterocycles. The second kappa shape index (κ2) is 9.04. The van der Waals surface area contributed by atoms with Crippen LogP contribution < -0.4 is 5.32 Å². The molecule has 1 aromatic rings. The van der Waals surface area contributed by atoms with Gasteiger partial charge in [0.25, 0.3) is 5.66 Å². The first-order valence-corrected chi connectivity index (χ1v) is 13.3. The molecule has 0 aliphatic carbocycles. The number of nitrogens with one attached hydrogen (secondary N) is 1. The lowest BCUT2D eigenvalue weighted by atomic mass is 9.87. The summed E-state index contributed by atoms with van der Waals surface area (Å²) in [6.07, 6.45) is 3.23. The monoisotopic (exact) mass is 491 g/mol. The topological polar surface area (TPSA) is 78.8 Å². The second-order valence-electron chi connectivity index (χ2n) is 8.42. The maximum absolute atomic E-state index is 13.9. The molecule has 2 fully saturated rings. The summed E-state index contributed by atoms with van der Waals surface area (Å²) in [5.74, 6) is 0.0770. The van der Waals surface area contributed by atoms with Crippen molar-refractivity contribution < 1.29 is 22.0 Å². The Bertz CT molecular complexity index is 976. The van der Waals surface area contributed by atoms with E-state index in [0.29, 0.717) is 43.1 Å². The molecular weight excluding hydrogens is 463 g/mol. The predicted octanol–water partition coefficient (Wildman–Crippen LogP) is 3.71. The molecule has 172 valence electrons. The summed E-state index contributed by atoms with van der Waals surface area (Å²) in [7, 11) is -1.63. The van der Waals surface area contributed by atoms with Crippen LogP contribution in [0.25, 0.3) is 0 Å². The minimum atomic E-state index is -3.19. The summed E-state index contributed by atoms with van der Waals surface area (Å²) in [6, 6.07) is 5.71. The highest BCUT2D eigenvalue weighted by Gasteiger charge is 2.44. The van der Waals surface area contributed by atoms with Gasteiger partial charge in [0, 0.05) is 18.7 Å². The number of nitrogens with zero attached hydrogens (tertiary/aromatic N) is 2. The number of thioether (sulfide) groups is 1. The van der Waals surface area contributed by atoms with E-state index in [9.17, 15) is 22.0 Å². The Balaban J connectivity index is 1.69. The summed E-state index contributed by atoms with van der Waals surface area (Å²) in [4.78, 5) is 17.2. The molecule has 2 aliphatic heterocycles. The molecule has 0 saturated carbocycles. The Labute approximate surface area is 188 Å². The third kappa shape index (κ3) is 5.83. The number of rotatable bonds is 6. The van der Waals surface area contributed by atoms with Crippen molar-refractivity contribution in [2.75, 3.05) is 19.3 Å². The van der Waals surface area contributed by atoms with Gasteiger partial charge in [0.15, 0.2) is 5.17 Å². The number of piperidine rings is 1. The number of alkyl halides is 2. The average molecular weight is 492 g/mol. The van der Waals surface area contributed by atoms with Gasteiger partial charge in [-0.15, -0.1) is 0 Å². The molecule has 3 atom stereocenters. The van der Waals surface area contributed by atoms with Crippen molar-refractivity contribution in [1.82, 2.24) is 9.62 Å². The number of hydrogen-bond donors (Lipinski definition) is 1. The van der Waals surface area contributed by atoms with Gasteiger partial charge in [-0.25, -0.2) is 12.7 Å². The van der Waals surface area contributed by atoms with Crippen LogP contribution in [-0.2, 0) is 20.5 Å². The number of sulfonamides is 1. The summed E-state index contributed by atoms with van der Waals surface area (Å²) in [5, 5.41) is 3.23. The Morgan fingerprint density at radius 1 is 1.35 bits per heavy atom. The van der Waals surface area contributed by atoms with Gasteiger partial charge >= 0.3 is 0 Å². The van der Waals surface area contributed by atoms with Crippen LogP contribution in [0, 0.1) is 5.92 Å². The number of amides is 1. The van der Waals surface area contributed by atoms with E-state index in [2.05, 4.69) is 10.3 Å². The molecule has 0 spiro atoms. The van der Waals surface area contributed by atoms with Crippen molar-refractivity contribution in [3.8, 4) is 0 Å². The largest absolute Gasteiger partial charge is 0.304 e. The molecule has 0 bridgehead atoms. The summed E-state index contributed by atoms with van der Waals surface area (Å²) in [6.45, 7) is 4.51. The molecular formula is C20H28F2N3O3PS2. The van der Waals surface area contributed by atoms with Crippen molar-refractivity contribution in [1.29, 1.82) is 0 Å². The maximum Gasteiger partial charge on any atom is 0.284 e. The fourth-order valence-electron chi connectivity index (χ4n) is 4.11. The zero-order chi connectivity index (χ0) is 23.0. The smallest absolute Gasteiger partial charge is 0.284 e. The molecule has 1 aromatic carbocycles. The first-order chi connectivity index (χ1) is 14.3. The van der Waals surface area contributed by atoms with Gasteiger partial charge in [-0.3, -0.25) is 9.79 Å². The molecule has 1 amide bonds. The first kappa shape index (κ1) is 24.6. The molecule has 11 heteroatoms. The van der Waals surface area contributed by atoms with Gasteiger partial charge in [0.1, 0.15) is 0 Å². The number of carbonyl (C=O) groups excluding carboxylic acids is 1. The normalized spacial score (nSPS) is 26.3. The molecule has 1 N–H and O–H groups in total. The van der Waals surface area contributed by atoms with E-state index in [0.717, 1.165) is 0 Å². The number of halogens is 2. The van der Waals surface area contributed by atoms with Crippen LogP contribution >= 0.6 is 21.0 Å². The number of amidine groups is 1. The lowest BCUT2D eigenvalue weighted by Gasteiger charge is -2.33. The number of aliphatic imine (C=N–C) groups is 1. The fourth-order valence-corrected chi connectivity index (χ4v) is 6.49. The van der Waals surface area contributed by atoms with Crippen LogP contribution in [0.4, 0.5) is 8.78 Å². The second-order valence-corrected chi connectivity index (χ2v) is 12.6. The van der Waals surface area contributed by atoms with Crippen molar-refractivity contribution in [3.63, 3.8) is 0 Å². The van der Waals surface area contributed by atoms with Crippen LogP contribution in [0.1, 0.15) is 50.3 Å². The van der Waals surface area contributed by atoms with Gasteiger partial charge in [-0.1, -0.05) is 45.3 Å². The standard InChI is InChI=1S/C20H28F2N3O3PS2/c1-13(15-6-4-5-7-16(15)20(21,22)29)23-18-24-17(26)19(2,30-18)12-14-8-10-25(11-9-14)31(3,27)28/h4-7,13-14H,8-12,29H2,1-3H3,(H,23,24,26). The molecule has 6 nitrogen and oxygen atoms in total. The number of carbonyl (C=O) groups is 1. The van der Waals surface area contributed by atoms with Crippen molar-refractivity contribution in [2.24, 2.45) is 10.9 Å². The fraction of sp³-hybridized carbons (Fsp3) is 0.600. The molecule has 2 heterocycles. The zero-order valence-electron chi connectivity index (χ0n) is 17.8. The highest BCUT2D eigenvalue weighted by Crippen LogP contribution is 2.42. The number of benzene rings is 1. The van der Waals surface area contributed by atoms with Crippen LogP contribution in [0.3, 0.4) is 0 Å². The van der Waals surface area contributed by atoms with E-state index >= 15 is 0 Å². The lowest BCUT2D eigenvalue weighted by Crippen LogP contribution is -2.41. The third-order valence-corrected chi connectivity index (χ3v) is 8.64. The van der Waals surface area contributed by atoms with E-state index in [-0.39, 0.29) is 17.4 Å². The summed E-state index contributed by atoms with van der Waals surface area (Å²) < 4.78 is 52.0. The summed E-state index contributed by atoms with van der Waals surface area (Å²) >= 11 is 1.32. The van der Waals surface area contributed by atoms with E-state index < -0.39 is 26.5 Å². The molecule has 2 aliphatic rings. The van der Waals surface area contributed by atoms with Gasteiger partial charge in [-0.05, 0) is 44.6 Å². The Morgan fingerprint density at radius 2 is 1.97 bits per heavy atom. The predicted molar refractivity (Wildman–Crippen MR) is 124 cm³/mol. The van der Waals surface area contributed by atoms with E-state index in [1.165, 1.54) is 28.4 Å². The number of hydrogen-bond acceptors (Lipinski definition) is 5. The van der Waals surface area contributed by atoms with E-state index in [1.54, 1.807) is 34.4 Å². The van der Waals surface area contributed by atoms with Crippen molar-refractivity contribution >= 4 is 42.1 Å². The van der Waals surface area contributed by atoms with Crippen LogP contribution in [0.5, 0.6) is 0 Å². The van der Waals surface area contributed by atoms with E-state index in [1.807, 2.05) is 6.92 Å². The van der Waals surface area contributed by atoms with Gasteiger partial charge < -0.3 is 5.32 Å². The zero-order valence-corrected chi connectivity index (χ0v) is 20.6. The maximum atomic E-state index is 13.9. The van der Waals surface area contributed by atoms with Gasteiger partial charge in [0.05, 0.1) is 17.0 Å². The van der Waals surface area contributed by atoms with Crippen molar-refractivity contribution in [2.45, 2.75) is 49.6 Å². The van der Waals surface area contributed by atoms with Gasteiger partial charge in [0.2, 0.25) is 15.9 Å². The minimum Gasteiger partial charge on any atom is -0.304 e. The Morgan fingerprint density at radius 3 is 2.55 bits per heavy atom. The molecule has 0 radical (unpaired) electrons. The molecule has 2 saturated heterocycles. The van der Waals surface area contributed by atoms with Crippen molar-refractivity contribution in [3.05, 3.63) is 35.4 Å². The highest BCUT2D eigenvalue weighted by atomic mass is 32.2. The third-order valence-electron chi connectivity index (χ3n) is 5.82. The Hall–Kier alpha value is -1.09.